The van der Waals surface area contributed by atoms with Gasteiger partial charge in [0.2, 0.25) is 0 Å². The van der Waals surface area contributed by atoms with Gasteiger partial charge in [0.1, 0.15) is 11.5 Å². The van der Waals surface area contributed by atoms with Crippen LogP contribution in [0, 0.1) is 10.1 Å². The third kappa shape index (κ3) is 6.20. The highest BCUT2D eigenvalue weighted by atomic mass is 16.6. The molecule has 0 saturated carbocycles. The Balaban J connectivity index is 1.91. The molecule has 0 saturated heterocycles. The van der Waals surface area contributed by atoms with E-state index in [-0.39, 0.29) is 29.1 Å². The van der Waals surface area contributed by atoms with Gasteiger partial charge in [0.15, 0.2) is 13.2 Å². The number of para-hydroxylation sites is 1. The lowest BCUT2D eigenvalue weighted by molar-refractivity contribution is -0.384. The minimum Gasteiger partial charge on any atom is -0.495 e. The molecule has 0 radical (unpaired) electrons. The second-order valence-electron chi connectivity index (χ2n) is 7.39. The Bertz CT molecular complexity index is 935. The van der Waals surface area contributed by atoms with E-state index in [4.69, 9.17) is 14.2 Å². The molecule has 0 fully saturated rings. The maximum absolute atomic E-state index is 12.1. The van der Waals surface area contributed by atoms with Crippen LogP contribution < -0.4 is 14.8 Å². The molecule has 9 heteroatoms. The lowest BCUT2D eigenvalue weighted by Crippen LogP contribution is -2.24. The first-order valence-electron chi connectivity index (χ1n) is 9.12. The molecule has 160 valence electrons. The van der Waals surface area contributed by atoms with Crippen LogP contribution in [0.5, 0.6) is 11.5 Å². The maximum atomic E-state index is 12.1. The smallest absolute Gasteiger partial charge is 0.344 e. The van der Waals surface area contributed by atoms with Gasteiger partial charge in [-0.05, 0) is 23.1 Å². The molecule has 1 N–H and O–H groups in total. The van der Waals surface area contributed by atoms with E-state index in [1.165, 1.54) is 19.2 Å². The van der Waals surface area contributed by atoms with E-state index < -0.39 is 23.4 Å². The van der Waals surface area contributed by atoms with Gasteiger partial charge in [-0.2, -0.15) is 0 Å². The van der Waals surface area contributed by atoms with Crippen LogP contribution in [0.25, 0.3) is 0 Å². The Morgan fingerprint density at radius 3 is 2.40 bits per heavy atom. The van der Waals surface area contributed by atoms with Crippen molar-refractivity contribution >= 4 is 23.3 Å². The normalized spacial score (nSPS) is 10.8. The number of ether oxygens (including phenoxy) is 3. The Labute approximate surface area is 174 Å². The van der Waals surface area contributed by atoms with Gasteiger partial charge in [-0.15, -0.1) is 0 Å². The molecular formula is C21H24N2O7. The molecule has 0 unspecified atom stereocenters. The maximum Gasteiger partial charge on any atom is 0.344 e. The average molecular weight is 416 g/mol. The van der Waals surface area contributed by atoms with Crippen molar-refractivity contribution in [3.63, 3.8) is 0 Å². The van der Waals surface area contributed by atoms with Gasteiger partial charge < -0.3 is 19.5 Å². The molecule has 2 aromatic rings. The van der Waals surface area contributed by atoms with Crippen molar-refractivity contribution in [1.82, 2.24) is 0 Å². The number of non-ortho nitro benzene ring substituents is 1. The third-order valence-corrected chi connectivity index (χ3v) is 4.07. The Morgan fingerprint density at radius 2 is 1.77 bits per heavy atom. The zero-order chi connectivity index (χ0) is 22.3. The number of nitrogens with one attached hydrogen (secondary N) is 1. The first-order valence-corrected chi connectivity index (χ1v) is 9.12. The van der Waals surface area contributed by atoms with Crippen molar-refractivity contribution in [1.29, 1.82) is 0 Å². The fourth-order valence-electron chi connectivity index (χ4n) is 2.63. The number of hydrogen-bond acceptors (Lipinski definition) is 7. The molecule has 0 aliphatic carbocycles. The van der Waals surface area contributed by atoms with Gasteiger partial charge in [-0.25, -0.2) is 4.79 Å². The quantitative estimate of drug-likeness (QED) is 0.398. The van der Waals surface area contributed by atoms with E-state index in [1.54, 1.807) is 12.1 Å². The van der Waals surface area contributed by atoms with Crippen LogP contribution in [0.1, 0.15) is 26.3 Å². The number of hydrogen-bond donors (Lipinski definition) is 1. The Morgan fingerprint density at radius 1 is 1.07 bits per heavy atom. The molecule has 0 heterocycles. The monoisotopic (exact) mass is 416 g/mol. The molecule has 0 bridgehead atoms. The van der Waals surface area contributed by atoms with E-state index in [1.807, 2.05) is 32.9 Å². The fraction of sp³-hybridized carbons (Fsp3) is 0.333. The number of rotatable bonds is 8. The predicted molar refractivity (Wildman–Crippen MR) is 110 cm³/mol. The molecule has 0 aliphatic heterocycles. The second-order valence-corrected chi connectivity index (χ2v) is 7.39. The molecule has 0 aliphatic rings. The SMILES string of the molecule is COc1ccc([N+](=O)[O-])cc1NC(=O)COC(=O)COc1ccccc1C(C)(C)C. The van der Waals surface area contributed by atoms with Gasteiger partial charge >= 0.3 is 5.97 Å². The summed E-state index contributed by atoms with van der Waals surface area (Å²) in [5.41, 5.74) is 0.656. The first kappa shape index (κ1) is 22.7. The summed E-state index contributed by atoms with van der Waals surface area (Å²) in [6.45, 7) is 5.15. The summed E-state index contributed by atoms with van der Waals surface area (Å²) < 4.78 is 15.5. The first-order chi connectivity index (χ1) is 14.1. The van der Waals surface area contributed by atoms with Crippen LogP contribution >= 0.6 is 0 Å². The van der Waals surface area contributed by atoms with Crippen LogP contribution in [0.15, 0.2) is 42.5 Å². The number of nitrogens with zero attached hydrogens (tertiary/aromatic N) is 1. The minimum absolute atomic E-state index is 0.100. The predicted octanol–water partition coefficient (Wildman–Crippen LogP) is 3.46. The highest BCUT2D eigenvalue weighted by Crippen LogP contribution is 2.31. The number of benzene rings is 2. The van der Waals surface area contributed by atoms with Crippen molar-refractivity contribution in [3.05, 3.63) is 58.1 Å². The summed E-state index contributed by atoms with van der Waals surface area (Å²) >= 11 is 0. The summed E-state index contributed by atoms with van der Waals surface area (Å²) in [6.07, 6.45) is 0. The van der Waals surface area contributed by atoms with Crippen molar-refractivity contribution in [2.24, 2.45) is 0 Å². The molecule has 0 aromatic heterocycles. The average Bonchev–Trinajstić information content (AvgIpc) is 2.70. The highest BCUT2D eigenvalue weighted by Gasteiger charge is 2.19. The zero-order valence-electron chi connectivity index (χ0n) is 17.3. The molecule has 9 nitrogen and oxygen atoms in total. The van der Waals surface area contributed by atoms with Crippen LogP contribution in [0.2, 0.25) is 0 Å². The third-order valence-electron chi connectivity index (χ3n) is 4.07. The van der Waals surface area contributed by atoms with E-state index in [0.29, 0.717) is 5.75 Å². The molecule has 2 rings (SSSR count). The van der Waals surface area contributed by atoms with Gasteiger partial charge in [0, 0.05) is 12.1 Å². The van der Waals surface area contributed by atoms with Crippen LogP contribution in [-0.4, -0.2) is 37.1 Å². The number of carbonyl (C=O) groups is 2. The van der Waals surface area contributed by atoms with Gasteiger partial charge in [0.05, 0.1) is 17.7 Å². The highest BCUT2D eigenvalue weighted by molar-refractivity contribution is 5.94. The summed E-state index contributed by atoms with van der Waals surface area (Å²) in [6, 6.07) is 11.1. The Hall–Kier alpha value is -3.62. The van der Waals surface area contributed by atoms with Crippen molar-refractivity contribution in [2.75, 3.05) is 25.6 Å². The van der Waals surface area contributed by atoms with Gasteiger partial charge in [-0.1, -0.05) is 39.0 Å². The van der Waals surface area contributed by atoms with E-state index >= 15 is 0 Å². The number of methoxy groups -OCH3 is 1. The fourth-order valence-corrected chi connectivity index (χ4v) is 2.63. The Kier molecular flexibility index (Phi) is 7.35. The molecule has 1 amide bonds. The minimum atomic E-state index is -0.722. The van der Waals surface area contributed by atoms with Crippen molar-refractivity contribution in [3.8, 4) is 11.5 Å². The van der Waals surface area contributed by atoms with Gasteiger partial charge in [-0.3, -0.25) is 14.9 Å². The van der Waals surface area contributed by atoms with Crippen LogP contribution in [0.4, 0.5) is 11.4 Å². The lowest BCUT2D eigenvalue weighted by Gasteiger charge is -2.22. The van der Waals surface area contributed by atoms with Crippen LogP contribution in [0.3, 0.4) is 0 Å². The number of esters is 1. The molecular weight excluding hydrogens is 392 g/mol. The van der Waals surface area contributed by atoms with Gasteiger partial charge in [0.25, 0.3) is 11.6 Å². The largest absolute Gasteiger partial charge is 0.495 e. The van der Waals surface area contributed by atoms with Crippen LogP contribution in [-0.2, 0) is 19.7 Å². The van der Waals surface area contributed by atoms with E-state index in [9.17, 15) is 19.7 Å². The topological polar surface area (TPSA) is 117 Å². The number of carbonyl (C=O) groups excluding carboxylic acids is 2. The lowest BCUT2D eigenvalue weighted by atomic mass is 9.86. The van der Waals surface area contributed by atoms with Crippen molar-refractivity contribution < 1.29 is 28.7 Å². The summed E-state index contributed by atoms with van der Waals surface area (Å²) in [4.78, 5) is 34.3. The van der Waals surface area contributed by atoms with Crippen molar-refractivity contribution in [2.45, 2.75) is 26.2 Å². The number of amides is 1. The summed E-state index contributed by atoms with van der Waals surface area (Å²) in [5, 5.41) is 13.3. The molecule has 0 spiro atoms. The second kappa shape index (κ2) is 9.73. The molecule has 0 atom stereocenters. The van der Waals surface area contributed by atoms with E-state index in [0.717, 1.165) is 11.6 Å². The van der Waals surface area contributed by atoms with E-state index in [2.05, 4.69) is 5.32 Å². The summed E-state index contributed by atoms with van der Waals surface area (Å²) in [5.74, 6) is -0.591. The molecule has 2 aromatic carbocycles. The summed E-state index contributed by atoms with van der Waals surface area (Å²) in [7, 11) is 1.36. The zero-order valence-corrected chi connectivity index (χ0v) is 17.3. The number of nitro benzene ring substituents is 1. The number of anilines is 1. The molecule has 30 heavy (non-hydrogen) atoms. The standard InChI is InChI=1S/C21H24N2O7/c1-21(2,3)15-7-5-6-8-17(15)29-13-20(25)30-12-19(24)22-16-11-14(23(26)27)9-10-18(16)28-4/h5-11H,12-13H2,1-4H3,(H,22,24). The number of nitro groups is 1.